The van der Waals surface area contributed by atoms with Gasteiger partial charge in [0.2, 0.25) is 11.8 Å². The zero-order chi connectivity index (χ0) is 16.8. The van der Waals surface area contributed by atoms with Crippen molar-refractivity contribution in [2.24, 2.45) is 0 Å². The van der Waals surface area contributed by atoms with Crippen LogP contribution in [0, 0.1) is 0 Å². The van der Waals surface area contributed by atoms with Crippen molar-refractivity contribution in [3.05, 3.63) is 30.3 Å². The van der Waals surface area contributed by atoms with E-state index in [1.165, 1.54) is 0 Å². The molecule has 1 atom stereocenters. The van der Waals surface area contributed by atoms with Gasteiger partial charge in [-0.2, -0.15) is 0 Å². The summed E-state index contributed by atoms with van der Waals surface area (Å²) >= 11 is 0. The second-order valence-electron chi connectivity index (χ2n) is 6.44. The van der Waals surface area contributed by atoms with E-state index in [1.807, 2.05) is 61.0 Å². The summed E-state index contributed by atoms with van der Waals surface area (Å²) in [6.07, 6.45) is 2.25. The minimum atomic E-state index is -0.143. The first-order chi connectivity index (χ1) is 11.0. The summed E-state index contributed by atoms with van der Waals surface area (Å²) in [5, 5.41) is 2.89. The zero-order valence-corrected chi connectivity index (χ0v) is 14.3. The van der Waals surface area contributed by atoms with Crippen molar-refractivity contribution in [3.8, 4) is 0 Å². The Morgan fingerprint density at radius 2 is 2.04 bits per heavy atom. The van der Waals surface area contributed by atoms with Crippen molar-refractivity contribution < 1.29 is 9.59 Å². The topological polar surface area (TPSA) is 52.7 Å². The minimum Gasteiger partial charge on any atom is -0.354 e. The van der Waals surface area contributed by atoms with Crippen molar-refractivity contribution in [2.75, 3.05) is 25.0 Å². The maximum Gasteiger partial charge on any atom is 0.244 e. The molecule has 23 heavy (non-hydrogen) atoms. The number of carbonyl (C=O) groups excluding carboxylic acids is 2. The van der Waals surface area contributed by atoms with Crippen LogP contribution in [-0.2, 0) is 9.59 Å². The number of hydrogen-bond donors (Lipinski definition) is 1. The molecule has 126 valence electrons. The van der Waals surface area contributed by atoms with Crippen molar-refractivity contribution in [3.63, 3.8) is 0 Å². The molecule has 2 rings (SSSR count). The molecule has 1 aromatic carbocycles. The van der Waals surface area contributed by atoms with Crippen LogP contribution in [0.15, 0.2) is 30.3 Å². The molecule has 5 nitrogen and oxygen atoms in total. The largest absolute Gasteiger partial charge is 0.354 e. The van der Waals surface area contributed by atoms with E-state index in [0.717, 1.165) is 25.1 Å². The first-order valence-electron chi connectivity index (χ1n) is 8.35. The Balaban J connectivity index is 1.94. The van der Waals surface area contributed by atoms with E-state index < -0.39 is 0 Å². The lowest BCUT2D eigenvalue weighted by Gasteiger charge is -2.36. The molecule has 0 aliphatic carbocycles. The summed E-state index contributed by atoms with van der Waals surface area (Å²) in [5.41, 5.74) is 0.952. The lowest BCUT2D eigenvalue weighted by atomic mass is 10.0. The van der Waals surface area contributed by atoms with Gasteiger partial charge in [-0.15, -0.1) is 0 Å². The van der Waals surface area contributed by atoms with Gasteiger partial charge in [0.1, 0.15) is 0 Å². The molecule has 0 saturated carbocycles. The second-order valence-corrected chi connectivity index (χ2v) is 6.44. The molecule has 0 spiro atoms. The maximum absolute atomic E-state index is 12.8. The quantitative estimate of drug-likeness (QED) is 0.873. The van der Waals surface area contributed by atoms with E-state index >= 15 is 0 Å². The molecule has 1 aliphatic rings. The van der Waals surface area contributed by atoms with E-state index in [2.05, 4.69) is 5.32 Å². The lowest BCUT2D eigenvalue weighted by Crippen LogP contribution is -2.52. The van der Waals surface area contributed by atoms with Crippen LogP contribution in [0.1, 0.15) is 33.1 Å². The molecular formula is C18H27N3O2. The fourth-order valence-electron chi connectivity index (χ4n) is 2.96. The SMILES string of the molecule is CC(C)NC(=O)CCN(C)C1CCCN(c2ccccc2)C1=O. The van der Waals surface area contributed by atoms with Gasteiger partial charge in [0.25, 0.3) is 0 Å². The van der Waals surface area contributed by atoms with E-state index in [4.69, 9.17) is 0 Å². The third-order valence-corrected chi connectivity index (χ3v) is 4.15. The van der Waals surface area contributed by atoms with Crippen LogP contribution in [0.4, 0.5) is 5.69 Å². The first-order valence-corrected chi connectivity index (χ1v) is 8.35. The van der Waals surface area contributed by atoms with Crippen molar-refractivity contribution in [1.82, 2.24) is 10.2 Å². The maximum atomic E-state index is 12.8. The average Bonchev–Trinajstić information content (AvgIpc) is 2.53. The van der Waals surface area contributed by atoms with Crippen LogP contribution in [0.25, 0.3) is 0 Å². The number of para-hydroxylation sites is 1. The number of anilines is 1. The molecule has 1 saturated heterocycles. The second kappa shape index (κ2) is 8.11. The number of hydrogen-bond acceptors (Lipinski definition) is 3. The number of carbonyl (C=O) groups is 2. The number of piperidine rings is 1. The summed E-state index contributed by atoms with van der Waals surface area (Å²) in [6, 6.07) is 9.80. The molecule has 1 heterocycles. The standard InChI is InChI=1S/C18H27N3O2/c1-14(2)19-17(22)11-13-20(3)16-10-7-12-21(18(16)23)15-8-5-4-6-9-15/h4-6,8-9,14,16H,7,10-13H2,1-3H3,(H,19,22). The summed E-state index contributed by atoms with van der Waals surface area (Å²) in [4.78, 5) is 28.4. The fraction of sp³-hybridized carbons (Fsp3) is 0.556. The third kappa shape index (κ3) is 4.79. The normalized spacial score (nSPS) is 18.6. The van der Waals surface area contributed by atoms with E-state index in [-0.39, 0.29) is 23.9 Å². The van der Waals surface area contributed by atoms with Gasteiger partial charge in [-0.3, -0.25) is 14.5 Å². The molecule has 1 aromatic rings. The highest BCUT2D eigenvalue weighted by Gasteiger charge is 2.32. The van der Waals surface area contributed by atoms with Gasteiger partial charge in [0, 0.05) is 31.2 Å². The number of rotatable bonds is 6. The van der Waals surface area contributed by atoms with Crippen molar-refractivity contribution >= 4 is 17.5 Å². The Morgan fingerprint density at radius 1 is 1.35 bits per heavy atom. The Kier molecular flexibility index (Phi) is 6.16. The molecule has 0 radical (unpaired) electrons. The van der Waals surface area contributed by atoms with Gasteiger partial charge >= 0.3 is 0 Å². The Bertz CT molecular complexity index is 530. The van der Waals surface area contributed by atoms with E-state index in [9.17, 15) is 9.59 Å². The highest BCUT2D eigenvalue weighted by atomic mass is 16.2. The van der Waals surface area contributed by atoms with Crippen LogP contribution in [0.2, 0.25) is 0 Å². The van der Waals surface area contributed by atoms with Gasteiger partial charge < -0.3 is 10.2 Å². The molecule has 1 fully saturated rings. The van der Waals surface area contributed by atoms with Gasteiger partial charge in [0.05, 0.1) is 6.04 Å². The van der Waals surface area contributed by atoms with Crippen molar-refractivity contribution in [1.29, 1.82) is 0 Å². The van der Waals surface area contributed by atoms with Gasteiger partial charge in [-0.25, -0.2) is 0 Å². The van der Waals surface area contributed by atoms with Gasteiger partial charge in [0.15, 0.2) is 0 Å². The highest BCUT2D eigenvalue weighted by molar-refractivity contribution is 5.97. The molecule has 1 N–H and O–H groups in total. The number of benzene rings is 1. The molecule has 5 heteroatoms. The Labute approximate surface area is 138 Å². The number of nitrogens with one attached hydrogen (secondary N) is 1. The molecule has 1 aliphatic heterocycles. The van der Waals surface area contributed by atoms with Crippen molar-refractivity contribution in [2.45, 2.75) is 45.2 Å². The van der Waals surface area contributed by atoms with Crippen LogP contribution >= 0.6 is 0 Å². The molecule has 1 unspecified atom stereocenters. The number of nitrogens with zero attached hydrogens (tertiary/aromatic N) is 2. The molecule has 0 bridgehead atoms. The third-order valence-electron chi connectivity index (χ3n) is 4.15. The predicted molar refractivity (Wildman–Crippen MR) is 92.3 cm³/mol. The van der Waals surface area contributed by atoms with E-state index in [1.54, 1.807) is 0 Å². The Morgan fingerprint density at radius 3 is 2.70 bits per heavy atom. The lowest BCUT2D eigenvalue weighted by molar-refractivity contribution is -0.126. The first kappa shape index (κ1) is 17.5. The monoisotopic (exact) mass is 317 g/mol. The Hall–Kier alpha value is -1.88. The minimum absolute atomic E-state index is 0.0371. The summed E-state index contributed by atoms with van der Waals surface area (Å²) in [7, 11) is 1.93. The average molecular weight is 317 g/mol. The van der Waals surface area contributed by atoms with Gasteiger partial charge in [-0.05, 0) is 45.9 Å². The van der Waals surface area contributed by atoms with Gasteiger partial charge in [-0.1, -0.05) is 18.2 Å². The number of likely N-dealkylation sites (N-methyl/N-ethyl adjacent to an activating group) is 1. The zero-order valence-electron chi connectivity index (χ0n) is 14.3. The smallest absolute Gasteiger partial charge is 0.244 e. The molecule has 2 amide bonds. The van der Waals surface area contributed by atoms with Crippen LogP contribution in [0.3, 0.4) is 0 Å². The van der Waals surface area contributed by atoms with Crippen LogP contribution in [-0.4, -0.2) is 48.9 Å². The van der Waals surface area contributed by atoms with Crippen LogP contribution < -0.4 is 10.2 Å². The predicted octanol–water partition coefficient (Wildman–Crippen LogP) is 2.03. The van der Waals surface area contributed by atoms with Crippen LogP contribution in [0.5, 0.6) is 0 Å². The summed E-state index contributed by atoms with van der Waals surface area (Å²) in [6.45, 7) is 5.26. The number of amides is 2. The highest BCUT2D eigenvalue weighted by Crippen LogP contribution is 2.23. The van der Waals surface area contributed by atoms with E-state index in [0.29, 0.717) is 13.0 Å². The fourth-order valence-corrected chi connectivity index (χ4v) is 2.96. The molecular weight excluding hydrogens is 290 g/mol. The summed E-state index contributed by atoms with van der Waals surface area (Å²) in [5.74, 6) is 0.171. The molecule has 0 aromatic heterocycles. The summed E-state index contributed by atoms with van der Waals surface area (Å²) < 4.78 is 0.